The first-order chi connectivity index (χ1) is 16.9. The van der Waals surface area contributed by atoms with Gasteiger partial charge in [0, 0.05) is 18.7 Å². The van der Waals surface area contributed by atoms with Crippen LogP contribution in [0.3, 0.4) is 0 Å². The Morgan fingerprint density at radius 2 is 1.86 bits per heavy atom. The minimum absolute atomic E-state index is 0.233. The number of aromatic nitrogens is 4. The molecule has 0 radical (unpaired) electrons. The zero-order chi connectivity index (χ0) is 25.9. The maximum atomic E-state index is 11.5. The maximum absolute atomic E-state index is 11.5. The Balaban J connectivity index is 1.55. The maximum Gasteiger partial charge on any atom is 0.225 e. The quantitative estimate of drug-likeness (QED) is 0.259. The molecule has 0 bridgehead atoms. The first kappa shape index (κ1) is 25.2. The van der Waals surface area contributed by atoms with E-state index in [1.807, 2.05) is 19.9 Å². The highest BCUT2D eigenvalue weighted by atomic mass is 32.1. The molecule has 194 valence electrons. The summed E-state index contributed by atoms with van der Waals surface area (Å²) in [7, 11) is 0. The molecule has 5 rings (SSSR count). The van der Waals surface area contributed by atoms with Crippen molar-refractivity contribution in [2.24, 2.45) is 5.92 Å². The van der Waals surface area contributed by atoms with Gasteiger partial charge in [-0.15, -0.1) is 11.3 Å². The van der Waals surface area contributed by atoms with Crippen LogP contribution in [0.25, 0.3) is 20.8 Å². The van der Waals surface area contributed by atoms with Crippen molar-refractivity contribution in [3.8, 4) is 10.6 Å². The van der Waals surface area contributed by atoms with Crippen molar-refractivity contribution in [3.63, 3.8) is 0 Å². The lowest BCUT2D eigenvalue weighted by atomic mass is 9.80. The van der Waals surface area contributed by atoms with E-state index in [1.54, 1.807) is 20.0 Å². The van der Waals surface area contributed by atoms with E-state index in [0.29, 0.717) is 41.0 Å². The fraction of sp³-hybridized carbons (Fsp3) is 0.600. The number of fused-ring (bicyclic) bond motifs is 1. The van der Waals surface area contributed by atoms with Gasteiger partial charge in [-0.25, -0.2) is 9.97 Å². The molecular formula is C25H34N6O4S. The van der Waals surface area contributed by atoms with Crippen molar-refractivity contribution in [2.45, 2.75) is 82.8 Å². The molecule has 0 spiro atoms. The van der Waals surface area contributed by atoms with Gasteiger partial charge in [-0.1, -0.05) is 0 Å². The van der Waals surface area contributed by atoms with E-state index in [-0.39, 0.29) is 6.42 Å². The highest BCUT2D eigenvalue weighted by Gasteiger charge is 2.52. The van der Waals surface area contributed by atoms with E-state index in [1.165, 1.54) is 11.3 Å². The van der Waals surface area contributed by atoms with Crippen molar-refractivity contribution in [2.75, 3.05) is 17.2 Å². The molecule has 0 aromatic carbocycles. The van der Waals surface area contributed by atoms with Crippen LogP contribution in [-0.4, -0.2) is 69.9 Å². The van der Waals surface area contributed by atoms with Gasteiger partial charge in [0.1, 0.15) is 22.4 Å². The largest absolute Gasteiger partial charge is 0.390 e. The highest BCUT2D eigenvalue weighted by molar-refractivity contribution is 7.21. The Hall–Kier alpha value is -2.44. The fourth-order valence-corrected chi connectivity index (χ4v) is 6.30. The number of aliphatic hydroxyl groups is 4. The number of aliphatic hydroxyl groups excluding tert-OH is 1. The summed E-state index contributed by atoms with van der Waals surface area (Å²) < 4.78 is 0.971. The Morgan fingerprint density at radius 1 is 1.11 bits per heavy atom. The van der Waals surface area contributed by atoms with E-state index < -0.39 is 28.9 Å². The van der Waals surface area contributed by atoms with E-state index in [9.17, 15) is 20.4 Å². The molecule has 2 aliphatic carbocycles. The zero-order valence-electron chi connectivity index (χ0n) is 21.0. The number of thiazole rings is 1. The molecule has 2 fully saturated rings. The Bertz CT molecular complexity index is 1290. The minimum atomic E-state index is -1.70. The lowest BCUT2D eigenvalue weighted by Gasteiger charge is -2.36. The van der Waals surface area contributed by atoms with Crippen LogP contribution in [0.2, 0.25) is 0 Å². The molecule has 0 amide bonds. The molecule has 10 nitrogen and oxygen atoms in total. The number of pyridine rings is 1. The van der Waals surface area contributed by atoms with Crippen LogP contribution in [0.4, 0.5) is 11.8 Å². The molecule has 0 saturated heterocycles. The third-order valence-electron chi connectivity index (χ3n) is 7.60. The number of nitrogens with one attached hydrogen (secondary N) is 2. The van der Waals surface area contributed by atoms with Gasteiger partial charge in [0.2, 0.25) is 5.95 Å². The van der Waals surface area contributed by atoms with Crippen LogP contribution in [0, 0.1) is 19.8 Å². The molecule has 36 heavy (non-hydrogen) atoms. The number of aryl methyl sites for hydroxylation is 2. The van der Waals surface area contributed by atoms with Gasteiger partial charge in [-0.3, -0.25) is 4.98 Å². The normalized spacial score (nSPS) is 25.7. The first-order valence-corrected chi connectivity index (χ1v) is 13.2. The van der Waals surface area contributed by atoms with Gasteiger partial charge >= 0.3 is 0 Å². The SMILES string of the molecule is Cc1nc(NCC2(O)CCC2)nc(NC2(O)CCC(C(C)(C)O)C2O)c1-c1nc2c(C)nccc2s1. The lowest BCUT2D eigenvalue weighted by Crippen LogP contribution is -2.51. The molecule has 3 heterocycles. The number of rotatable bonds is 7. The summed E-state index contributed by atoms with van der Waals surface area (Å²) in [6, 6.07) is 1.91. The van der Waals surface area contributed by atoms with Crippen LogP contribution in [0.5, 0.6) is 0 Å². The van der Waals surface area contributed by atoms with Gasteiger partial charge in [0.05, 0.1) is 32.9 Å². The number of nitrogens with zero attached hydrogens (tertiary/aromatic N) is 4. The number of anilines is 2. The van der Waals surface area contributed by atoms with Crippen LogP contribution in [0.15, 0.2) is 12.3 Å². The Labute approximate surface area is 213 Å². The summed E-state index contributed by atoms with van der Waals surface area (Å²) >= 11 is 1.48. The molecule has 0 aliphatic heterocycles. The van der Waals surface area contributed by atoms with Crippen LogP contribution >= 0.6 is 11.3 Å². The molecule has 11 heteroatoms. The Kier molecular flexibility index (Phi) is 6.19. The zero-order valence-corrected chi connectivity index (χ0v) is 21.9. The summed E-state index contributed by atoms with van der Waals surface area (Å²) in [5.74, 6) is 0.129. The molecule has 2 aliphatic rings. The van der Waals surface area contributed by atoms with Gasteiger partial charge in [-0.05, 0) is 65.9 Å². The van der Waals surface area contributed by atoms with Gasteiger partial charge in [0.15, 0.2) is 5.72 Å². The number of hydrogen-bond donors (Lipinski definition) is 6. The Morgan fingerprint density at radius 3 is 2.47 bits per heavy atom. The summed E-state index contributed by atoms with van der Waals surface area (Å²) in [4.78, 5) is 18.4. The van der Waals surface area contributed by atoms with Crippen LogP contribution in [0.1, 0.15) is 57.3 Å². The second-order valence-corrected chi connectivity index (χ2v) is 11.9. The fourth-order valence-electron chi connectivity index (χ4n) is 5.19. The lowest BCUT2D eigenvalue weighted by molar-refractivity contribution is -0.0926. The molecule has 3 atom stereocenters. The van der Waals surface area contributed by atoms with Gasteiger partial charge < -0.3 is 31.1 Å². The first-order valence-electron chi connectivity index (χ1n) is 12.4. The second-order valence-electron chi connectivity index (χ2n) is 10.8. The molecule has 3 aromatic rings. The molecule has 6 N–H and O–H groups in total. The average molecular weight is 515 g/mol. The standard InChI is InChI=1S/C25H34N6O4S/c1-13-17(21-29-18-14(2)26-11-7-16(18)36-21)20(30-22(28-13)27-12-24(34)8-5-9-24)31-25(35)10-6-15(19(25)32)23(3,4)33/h7,11,15,19,32-35H,5-6,8-10,12H2,1-4H3,(H2,27,28,30,31). The van der Waals surface area contributed by atoms with Gasteiger partial charge in [0.25, 0.3) is 0 Å². The van der Waals surface area contributed by atoms with E-state index in [0.717, 1.165) is 35.2 Å². The summed E-state index contributed by atoms with van der Waals surface area (Å²) in [6.07, 6.45) is 3.65. The molecule has 3 aromatic heterocycles. The van der Waals surface area contributed by atoms with Crippen molar-refractivity contribution in [1.82, 2.24) is 19.9 Å². The summed E-state index contributed by atoms with van der Waals surface area (Å²) in [5.41, 5.74) is -0.755. The van der Waals surface area contributed by atoms with E-state index >= 15 is 0 Å². The third kappa shape index (κ3) is 4.54. The topological polar surface area (TPSA) is 157 Å². The molecule has 3 unspecified atom stereocenters. The van der Waals surface area contributed by atoms with E-state index in [2.05, 4.69) is 25.6 Å². The molecule has 2 saturated carbocycles. The van der Waals surface area contributed by atoms with Gasteiger partial charge in [-0.2, -0.15) is 4.98 Å². The van der Waals surface area contributed by atoms with Crippen LogP contribution in [-0.2, 0) is 0 Å². The van der Waals surface area contributed by atoms with E-state index in [4.69, 9.17) is 4.98 Å². The summed E-state index contributed by atoms with van der Waals surface area (Å²) in [5, 5.41) is 50.4. The third-order valence-corrected chi connectivity index (χ3v) is 8.64. The summed E-state index contributed by atoms with van der Waals surface area (Å²) in [6.45, 7) is 7.35. The predicted octanol–water partition coefficient (Wildman–Crippen LogP) is 2.73. The monoisotopic (exact) mass is 514 g/mol. The minimum Gasteiger partial charge on any atom is -0.390 e. The van der Waals surface area contributed by atoms with Crippen molar-refractivity contribution >= 4 is 33.3 Å². The average Bonchev–Trinajstić information content (AvgIpc) is 3.32. The van der Waals surface area contributed by atoms with Crippen LogP contribution < -0.4 is 10.6 Å². The second kappa shape index (κ2) is 8.84. The predicted molar refractivity (Wildman–Crippen MR) is 139 cm³/mol. The highest BCUT2D eigenvalue weighted by Crippen LogP contribution is 2.43. The van der Waals surface area contributed by atoms with Crippen molar-refractivity contribution in [1.29, 1.82) is 0 Å². The smallest absolute Gasteiger partial charge is 0.225 e. The molecular weight excluding hydrogens is 480 g/mol. The van der Waals surface area contributed by atoms with Crippen molar-refractivity contribution < 1.29 is 20.4 Å². The van der Waals surface area contributed by atoms with Crippen molar-refractivity contribution in [3.05, 3.63) is 23.7 Å². The number of hydrogen-bond acceptors (Lipinski definition) is 11.